The first-order valence-corrected chi connectivity index (χ1v) is 7.69. The summed E-state index contributed by atoms with van der Waals surface area (Å²) in [5, 5.41) is 0.913. The Kier molecular flexibility index (Phi) is 4.27. The first kappa shape index (κ1) is 15.2. The fourth-order valence-corrected chi connectivity index (χ4v) is 2.71. The van der Waals surface area contributed by atoms with Crippen molar-refractivity contribution in [1.29, 1.82) is 0 Å². The van der Waals surface area contributed by atoms with Crippen molar-refractivity contribution in [2.24, 2.45) is 0 Å². The average molecular weight is 335 g/mol. The van der Waals surface area contributed by atoms with Crippen LogP contribution in [0.4, 0.5) is 5.69 Å². The molecular formula is C17H14Cl2NO2. The van der Waals surface area contributed by atoms with Gasteiger partial charge in [-0.1, -0.05) is 23.2 Å². The molecule has 1 fully saturated rings. The van der Waals surface area contributed by atoms with Gasteiger partial charge in [-0.05, 0) is 49.2 Å². The van der Waals surface area contributed by atoms with Crippen molar-refractivity contribution < 1.29 is 9.53 Å². The minimum Gasteiger partial charge on any atom is -0.457 e. The summed E-state index contributed by atoms with van der Waals surface area (Å²) in [6.07, 6.45) is 1.50. The van der Waals surface area contributed by atoms with Crippen molar-refractivity contribution in [2.75, 3.05) is 11.4 Å². The van der Waals surface area contributed by atoms with Crippen LogP contribution in [0.25, 0.3) is 0 Å². The number of hydrogen-bond acceptors (Lipinski definition) is 2. The van der Waals surface area contributed by atoms with Crippen LogP contribution in [0.15, 0.2) is 36.4 Å². The molecular weight excluding hydrogens is 321 g/mol. The van der Waals surface area contributed by atoms with E-state index in [1.54, 1.807) is 23.1 Å². The number of rotatable bonds is 3. The quantitative estimate of drug-likeness (QED) is 0.781. The number of ether oxygens (including phenoxy) is 1. The molecule has 0 aromatic heterocycles. The van der Waals surface area contributed by atoms with Gasteiger partial charge in [0.05, 0.1) is 10.0 Å². The predicted octanol–water partition coefficient (Wildman–Crippen LogP) is 5.09. The maximum atomic E-state index is 11.8. The van der Waals surface area contributed by atoms with Crippen molar-refractivity contribution in [2.45, 2.75) is 12.8 Å². The van der Waals surface area contributed by atoms with Crippen LogP contribution in [-0.2, 0) is 4.79 Å². The molecule has 22 heavy (non-hydrogen) atoms. The second-order valence-electron chi connectivity index (χ2n) is 5.12. The van der Waals surface area contributed by atoms with Gasteiger partial charge in [0.25, 0.3) is 0 Å². The van der Waals surface area contributed by atoms with Crippen molar-refractivity contribution in [3.05, 3.63) is 58.9 Å². The number of anilines is 1. The molecule has 1 aliphatic heterocycles. The predicted molar refractivity (Wildman–Crippen MR) is 89.0 cm³/mol. The molecule has 1 heterocycles. The molecule has 2 aromatic carbocycles. The topological polar surface area (TPSA) is 29.5 Å². The molecule has 0 aliphatic carbocycles. The van der Waals surface area contributed by atoms with E-state index in [-0.39, 0.29) is 5.91 Å². The molecule has 3 nitrogen and oxygen atoms in total. The van der Waals surface area contributed by atoms with Gasteiger partial charge in [0.15, 0.2) is 0 Å². The summed E-state index contributed by atoms with van der Waals surface area (Å²) >= 11 is 11.9. The molecule has 0 unspecified atom stereocenters. The SMILES string of the molecule is [CH2]c1cc(N2CCCC2=O)ccc1Oc1ccc(Cl)c(Cl)c1. The van der Waals surface area contributed by atoms with Gasteiger partial charge < -0.3 is 9.64 Å². The third kappa shape index (κ3) is 3.06. The van der Waals surface area contributed by atoms with Crippen LogP contribution < -0.4 is 9.64 Å². The largest absolute Gasteiger partial charge is 0.457 e. The zero-order valence-corrected chi connectivity index (χ0v) is 13.3. The van der Waals surface area contributed by atoms with Gasteiger partial charge >= 0.3 is 0 Å². The lowest BCUT2D eigenvalue weighted by molar-refractivity contribution is -0.117. The molecule has 5 heteroatoms. The molecule has 1 amide bonds. The highest BCUT2D eigenvalue weighted by molar-refractivity contribution is 6.42. The lowest BCUT2D eigenvalue weighted by Gasteiger charge is -2.17. The summed E-state index contributed by atoms with van der Waals surface area (Å²) in [5.41, 5.74) is 1.57. The Morgan fingerprint density at radius 3 is 2.55 bits per heavy atom. The lowest BCUT2D eigenvalue weighted by Crippen LogP contribution is -2.23. The Balaban J connectivity index is 1.83. The molecule has 0 bridgehead atoms. The summed E-state index contributed by atoms with van der Waals surface area (Å²) in [5.74, 6) is 1.36. The van der Waals surface area contributed by atoms with E-state index >= 15 is 0 Å². The molecule has 0 N–H and O–H groups in total. The standard InChI is InChI=1S/C17H14Cl2NO2/c1-11-9-12(20-8-2-3-17(20)21)4-7-16(11)22-13-5-6-14(18)15(19)10-13/h4-7,9-10H,1-3,8H2. The van der Waals surface area contributed by atoms with Gasteiger partial charge in [0.2, 0.25) is 5.91 Å². The van der Waals surface area contributed by atoms with Crippen molar-refractivity contribution in [3.8, 4) is 11.5 Å². The zero-order valence-electron chi connectivity index (χ0n) is 11.8. The van der Waals surface area contributed by atoms with Crippen LogP contribution in [0.1, 0.15) is 18.4 Å². The summed E-state index contributed by atoms with van der Waals surface area (Å²) in [6.45, 7) is 4.75. The summed E-state index contributed by atoms with van der Waals surface area (Å²) < 4.78 is 5.78. The van der Waals surface area contributed by atoms with E-state index in [2.05, 4.69) is 6.92 Å². The molecule has 0 saturated carbocycles. The van der Waals surface area contributed by atoms with Crippen molar-refractivity contribution in [3.63, 3.8) is 0 Å². The number of halogens is 2. The van der Waals surface area contributed by atoms with E-state index in [1.165, 1.54) is 0 Å². The summed E-state index contributed by atoms with van der Waals surface area (Å²) in [4.78, 5) is 13.6. The van der Waals surface area contributed by atoms with E-state index in [9.17, 15) is 4.79 Å². The van der Waals surface area contributed by atoms with Gasteiger partial charge in [-0.2, -0.15) is 0 Å². The lowest BCUT2D eigenvalue weighted by atomic mass is 10.2. The van der Waals surface area contributed by atoms with Crippen molar-refractivity contribution >= 4 is 34.8 Å². The Hall–Kier alpha value is -1.71. The maximum Gasteiger partial charge on any atom is 0.227 e. The highest BCUT2D eigenvalue weighted by atomic mass is 35.5. The Morgan fingerprint density at radius 1 is 1.09 bits per heavy atom. The fourth-order valence-electron chi connectivity index (χ4n) is 2.42. The van der Waals surface area contributed by atoms with Crippen LogP contribution in [0.3, 0.4) is 0 Å². The minimum absolute atomic E-state index is 0.151. The molecule has 0 spiro atoms. The molecule has 3 rings (SSSR count). The van der Waals surface area contributed by atoms with E-state index in [0.717, 1.165) is 18.7 Å². The summed E-state index contributed by atoms with van der Waals surface area (Å²) in [7, 11) is 0. The van der Waals surface area contributed by atoms with Crippen LogP contribution in [0.5, 0.6) is 11.5 Å². The van der Waals surface area contributed by atoms with E-state index in [4.69, 9.17) is 27.9 Å². The number of nitrogens with zero attached hydrogens (tertiary/aromatic N) is 1. The Morgan fingerprint density at radius 2 is 1.91 bits per heavy atom. The second kappa shape index (κ2) is 6.19. The first-order valence-electron chi connectivity index (χ1n) is 6.94. The molecule has 113 valence electrons. The van der Waals surface area contributed by atoms with Gasteiger partial charge in [-0.15, -0.1) is 0 Å². The second-order valence-corrected chi connectivity index (χ2v) is 5.93. The van der Waals surface area contributed by atoms with Gasteiger partial charge in [-0.25, -0.2) is 0 Å². The highest BCUT2D eigenvalue weighted by Crippen LogP contribution is 2.33. The van der Waals surface area contributed by atoms with Gasteiger partial charge in [0, 0.05) is 24.7 Å². The number of amides is 1. The van der Waals surface area contributed by atoms with E-state index in [0.29, 0.717) is 33.5 Å². The summed E-state index contributed by atoms with van der Waals surface area (Å²) in [6, 6.07) is 10.6. The molecule has 1 radical (unpaired) electrons. The van der Waals surface area contributed by atoms with E-state index in [1.807, 2.05) is 18.2 Å². The smallest absolute Gasteiger partial charge is 0.227 e. The first-order chi connectivity index (χ1) is 10.5. The Bertz CT molecular complexity index is 731. The number of hydrogen-bond donors (Lipinski definition) is 0. The van der Waals surface area contributed by atoms with E-state index < -0.39 is 0 Å². The van der Waals surface area contributed by atoms with Gasteiger partial charge in [-0.3, -0.25) is 4.79 Å². The number of carbonyl (C=O) groups excluding carboxylic acids is 1. The Labute approximate surface area is 139 Å². The fraction of sp³-hybridized carbons (Fsp3) is 0.176. The van der Waals surface area contributed by atoms with Crippen LogP contribution in [-0.4, -0.2) is 12.5 Å². The third-order valence-corrected chi connectivity index (χ3v) is 4.29. The van der Waals surface area contributed by atoms with Crippen LogP contribution in [0, 0.1) is 6.92 Å². The van der Waals surface area contributed by atoms with Crippen molar-refractivity contribution in [1.82, 2.24) is 0 Å². The molecule has 1 aliphatic rings. The van der Waals surface area contributed by atoms with Crippen LogP contribution in [0.2, 0.25) is 10.0 Å². The molecule has 2 aromatic rings. The highest BCUT2D eigenvalue weighted by Gasteiger charge is 2.22. The van der Waals surface area contributed by atoms with Gasteiger partial charge in [0.1, 0.15) is 11.5 Å². The maximum absolute atomic E-state index is 11.8. The normalized spacial score (nSPS) is 14.5. The molecule has 0 atom stereocenters. The third-order valence-electron chi connectivity index (χ3n) is 3.55. The monoisotopic (exact) mass is 334 g/mol. The number of carbonyl (C=O) groups is 1. The van der Waals surface area contributed by atoms with Crippen LogP contribution >= 0.6 is 23.2 Å². The zero-order chi connectivity index (χ0) is 15.7. The molecule has 1 saturated heterocycles. The average Bonchev–Trinajstić information content (AvgIpc) is 2.91. The number of benzene rings is 2. The minimum atomic E-state index is 0.151.